The van der Waals surface area contributed by atoms with Crippen LogP contribution in [0.1, 0.15) is 16.7 Å². The number of alkyl halides is 6. The van der Waals surface area contributed by atoms with Crippen LogP contribution in [0.5, 0.6) is 0 Å². The van der Waals surface area contributed by atoms with Crippen LogP contribution in [0, 0.1) is 0 Å². The van der Waals surface area contributed by atoms with Crippen molar-refractivity contribution in [1.29, 1.82) is 0 Å². The number of halogens is 6. The Bertz CT molecular complexity index is 855. The second-order valence-electron chi connectivity index (χ2n) is 5.33. The molecular weight excluding hydrogens is 366 g/mol. The SMILES string of the molecule is O=C(Cn1cccc(C(F)(F)F)c1=O)NCc1cccc(C(F)(F)F)c1. The Balaban J connectivity index is 2.06. The van der Waals surface area contributed by atoms with Crippen LogP contribution in [0.25, 0.3) is 0 Å². The van der Waals surface area contributed by atoms with E-state index in [1.165, 1.54) is 12.1 Å². The second kappa shape index (κ2) is 7.22. The summed E-state index contributed by atoms with van der Waals surface area (Å²) in [7, 11) is 0. The Kier molecular flexibility index (Phi) is 5.43. The van der Waals surface area contributed by atoms with Crippen molar-refractivity contribution in [3.05, 3.63) is 69.6 Å². The molecule has 1 aromatic carbocycles. The summed E-state index contributed by atoms with van der Waals surface area (Å²) in [6.45, 7) is -0.960. The smallest absolute Gasteiger partial charge is 0.350 e. The van der Waals surface area contributed by atoms with E-state index < -0.39 is 41.5 Å². The summed E-state index contributed by atoms with van der Waals surface area (Å²) < 4.78 is 76.4. The Morgan fingerprint density at radius 3 is 2.31 bits per heavy atom. The molecule has 26 heavy (non-hydrogen) atoms. The first-order valence-electron chi connectivity index (χ1n) is 7.18. The number of amides is 1. The largest absolute Gasteiger partial charge is 0.421 e. The van der Waals surface area contributed by atoms with Crippen LogP contribution in [0.15, 0.2) is 47.4 Å². The van der Waals surface area contributed by atoms with Crippen LogP contribution in [-0.2, 0) is 30.2 Å². The van der Waals surface area contributed by atoms with E-state index in [-0.39, 0.29) is 12.1 Å². The van der Waals surface area contributed by atoms with Gasteiger partial charge in [-0.05, 0) is 29.8 Å². The monoisotopic (exact) mass is 378 g/mol. The van der Waals surface area contributed by atoms with Gasteiger partial charge in [-0.15, -0.1) is 0 Å². The second-order valence-corrected chi connectivity index (χ2v) is 5.33. The quantitative estimate of drug-likeness (QED) is 0.831. The Hall–Kier alpha value is -2.78. The summed E-state index contributed by atoms with van der Waals surface area (Å²) in [5.41, 5.74) is -3.53. The van der Waals surface area contributed by atoms with Crippen molar-refractivity contribution in [2.75, 3.05) is 0 Å². The molecule has 2 rings (SSSR count). The number of carbonyl (C=O) groups excluding carboxylic acids is 1. The summed E-state index contributed by atoms with van der Waals surface area (Å²) in [4.78, 5) is 23.5. The molecule has 0 aliphatic rings. The molecule has 0 bridgehead atoms. The number of carbonyl (C=O) groups is 1. The number of hydrogen-bond acceptors (Lipinski definition) is 2. The molecule has 1 N–H and O–H groups in total. The molecule has 1 aromatic heterocycles. The van der Waals surface area contributed by atoms with Crippen molar-refractivity contribution in [2.24, 2.45) is 0 Å². The van der Waals surface area contributed by atoms with E-state index in [4.69, 9.17) is 0 Å². The predicted molar refractivity (Wildman–Crippen MR) is 79.0 cm³/mol. The van der Waals surface area contributed by atoms with Gasteiger partial charge in [0.25, 0.3) is 5.56 Å². The summed E-state index contributed by atoms with van der Waals surface area (Å²) in [5, 5.41) is 2.26. The first-order chi connectivity index (χ1) is 12.0. The maximum absolute atomic E-state index is 12.7. The van der Waals surface area contributed by atoms with Gasteiger partial charge in [-0.25, -0.2) is 0 Å². The molecule has 4 nitrogen and oxygen atoms in total. The molecule has 0 unspecified atom stereocenters. The third kappa shape index (κ3) is 4.87. The summed E-state index contributed by atoms with van der Waals surface area (Å²) in [5.74, 6) is -0.816. The molecule has 0 radical (unpaired) electrons. The fourth-order valence-electron chi connectivity index (χ4n) is 2.15. The average Bonchev–Trinajstić information content (AvgIpc) is 2.53. The summed E-state index contributed by atoms with van der Waals surface area (Å²) in [6, 6.07) is 5.81. The lowest BCUT2D eigenvalue weighted by Crippen LogP contribution is -2.34. The van der Waals surface area contributed by atoms with Crippen LogP contribution in [0.4, 0.5) is 26.3 Å². The molecule has 0 aliphatic carbocycles. The topological polar surface area (TPSA) is 51.1 Å². The molecule has 0 saturated heterocycles. The molecule has 2 aromatic rings. The number of rotatable bonds is 4. The van der Waals surface area contributed by atoms with Crippen molar-refractivity contribution < 1.29 is 31.1 Å². The molecule has 0 aliphatic heterocycles. The van der Waals surface area contributed by atoms with E-state index in [1.54, 1.807) is 0 Å². The minimum absolute atomic E-state index is 0.157. The number of pyridine rings is 1. The van der Waals surface area contributed by atoms with Gasteiger partial charge in [0.2, 0.25) is 5.91 Å². The van der Waals surface area contributed by atoms with Crippen LogP contribution in [0.2, 0.25) is 0 Å². The average molecular weight is 378 g/mol. The fraction of sp³-hybridized carbons (Fsp3) is 0.250. The van der Waals surface area contributed by atoms with Crippen molar-refractivity contribution in [2.45, 2.75) is 25.4 Å². The number of benzene rings is 1. The number of nitrogens with zero attached hydrogens (tertiary/aromatic N) is 1. The van der Waals surface area contributed by atoms with E-state index in [9.17, 15) is 35.9 Å². The molecule has 0 spiro atoms. The molecule has 0 atom stereocenters. The Morgan fingerprint density at radius 2 is 1.69 bits per heavy atom. The van der Waals surface area contributed by atoms with Crippen LogP contribution in [-0.4, -0.2) is 10.5 Å². The molecule has 1 heterocycles. The zero-order chi connectivity index (χ0) is 19.5. The summed E-state index contributed by atoms with van der Waals surface area (Å²) in [6.07, 6.45) is -8.37. The zero-order valence-corrected chi connectivity index (χ0v) is 13.0. The molecule has 0 fully saturated rings. The van der Waals surface area contributed by atoms with E-state index in [0.717, 1.165) is 24.4 Å². The van der Waals surface area contributed by atoms with Gasteiger partial charge < -0.3 is 9.88 Å². The van der Waals surface area contributed by atoms with E-state index in [2.05, 4.69) is 5.32 Å². The highest BCUT2D eigenvalue weighted by Crippen LogP contribution is 2.29. The lowest BCUT2D eigenvalue weighted by atomic mass is 10.1. The molecule has 0 saturated carbocycles. The lowest BCUT2D eigenvalue weighted by Gasteiger charge is -2.11. The van der Waals surface area contributed by atoms with Crippen LogP contribution < -0.4 is 10.9 Å². The Morgan fingerprint density at radius 1 is 1.00 bits per heavy atom. The Labute approximate surface area is 143 Å². The minimum atomic E-state index is -4.85. The van der Waals surface area contributed by atoms with Gasteiger partial charge in [-0.3, -0.25) is 9.59 Å². The van der Waals surface area contributed by atoms with Crippen molar-refractivity contribution in [1.82, 2.24) is 9.88 Å². The molecule has 1 amide bonds. The van der Waals surface area contributed by atoms with E-state index >= 15 is 0 Å². The van der Waals surface area contributed by atoms with E-state index in [0.29, 0.717) is 10.6 Å². The van der Waals surface area contributed by atoms with Gasteiger partial charge in [0, 0.05) is 12.7 Å². The van der Waals surface area contributed by atoms with Crippen molar-refractivity contribution >= 4 is 5.91 Å². The first-order valence-corrected chi connectivity index (χ1v) is 7.18. The van der Waals surface area contributed by atoms with Gasteiger partial charge in [-0.1, -0.05) is 12.1 Å². The van der Waals surface area contributed by atoms with Gasteiger partial charge in [0.05, 0.1) is 5.56 Å². The minimum Gasteiger partial charge on any atom is -0.350 e. The van der Waals surface area contributed by atoms with Gasteiger partial charge >= 0.3 is 12.4 Å². The number of nitrogens with one attached hydrogen (secondary N) is 1. The third-order valence-corrected chi connectivity index (χ3v) is 3.38. The standard InChI is InChI=1S/C16H12F6N2O2/c17-15(18,19)11-4-1-3-10(7-11)8-23-13(25)9-24-6-2-5-12(14(24)26)16(20,21)22/h1-7H,8-9H2,(H,23,25). The predicted octanol–water partition coefficient (Wildman–Crippen LogP) is 3.20. The van der Waals surface area contributed by atoms with Crippen molar-refractivity contribution in [3.8, 4) is 0 Å². The highest BCUT2D eigenvalue weighted by Gasteiger charge is 2.34. The van der Waals surface area contributed by atoms with Gasteiger partial charge in [-0.2, -0.15) is 26.3 Å². The molecule has 140 valence electrons. The maximum atomic E-state index is 12.7. The zero-order valence-electron chi connectivity index (χ0n) is 13.0. The third-order valence-electron chi connectivity index (χ3n) is 3.38. The molecule has 10 heteroatoms. The summed E-state index contributed by atoms with van der Waals surface area (Å²) >= 11 is 0. The normalized spacial score (nSPS) is 12.1. The van der Waals surface area contributed by atoms with Crippen LogP contribution >= 0.6 is 0 Å². The first kappa shape index (κ1) is 19.5. The maximum Gasteiger partial charge on any atom is 0.421 e. The highest BCUT2D eigenvalue weighted by atomic mass is 19.4. The van der Waals surface area contributed by atoms with Gasteiger partial charge in [0.15, 0.2) is 0 Å². The van der Waals surface area contributed by atoms with Gasteiger partial charge in [0.1, 0.15) is 12.1 Å². The van der Waals surface area contributed by atoms with Crippen molar-refractivity contribution in [3.63, 3.8) is 0 Å². The fourth-order valence-corrected chi connectivity index (χ4v) is 2.15. The highest BCUT2D eigenvalue weighted by molar-refractivity contribution is 5.75. The number of aromatic nitrogens is 1. The van der Waals surface area contributed by atoms with E-state index in [1.807, 2.05) is 0 Å². The van der Waals surface area contributed by atoms with Crippen LogP contribution in [0.3, 0.4) is 0 Å². The lowest BCUT2D eigenvalue weighted by molar-refractivity contribution is -0.139. The number of hydrogen-bond donors (Lipinski definition) is 1. The molecular formula is C16H12F6N2O2.